The van der Waals surface area contributed by atoms with Crippen LogP contribution in [0, 0.1) is 23.7 Å². The second-order valence-corrected chi connectivity index (χ2v) is 11.2. The Morgan fingerprint density at radius 3 is 2.57 bits per heavy atom. The minimum absolute atomic E-state index is 0.0281. The van der Waals surface area contributed by atoms with Gasteiger partial charge in [0.15, 0.2) is 0 Å². The second-order valence-electron chi connectivity index (χ2n) is 9.38. The largest absolute Gasteiger partial charge is 0.487 e. The maximum Gasteiger partial charge on any atom is 0.247 e. The van der Waals surface area contributed by atoms with E-state index in [2.05, 4.69) is 16.8 Å². The van der Waals surface area contributed by atoms with E-state index in [1.165, 1.54) is 10.4 Å². The summed E-state index contributed by atoms with van der Waals surface area (Å²) in [4.78, 5) is 18.3. The van der Waals surface area contributed by atoms with Gasteiger partial charge < -0.3 is 14.7 Å². The number of sulfonamides is 1. The average Bonchev–Trinajstić information content (AvgIpc) is 3.70. The van der Waals surface area contributed by atoms with Crippen molar-refractivity contribution in [3.8, 4) is 17.6 Å². The lowest BCUT2D eigenvalue weighted by atomic mass is 10.0. The summed E-state index contributed by atoms with van der Waals surface area (Å²) in [6.45, 7) is 3.79. The van der Waals surface area contributed by atoms with Gasteiger partial charge in [0.2, 0.25) is 15.9 Å². The maximum absolute atomic E-state index is 13.6. The van der Waals surface area contributed by atoms with E-state index in [0.29, 0.717) is 12.1 Å². The van der Waals surface area contributed by atoms with Crippen LogP contribution in [0.5, 0.6) is 5.75 Å². The fourth-order valence-electron chi connectivity index (χ4n) is 4.10. The number of nitrogens with zero attached hydrogens (tertiary/aromatic N) is 3. The van der Waals surface area contributed by atoms with Crippen LogP contribution in [0.15, 0.2) is 47.6 Å². The van der Waals surface area contributed by atoms with E-state index in [1.807, 2.05) is 6.92 Å². The zero-order valence-electron chi connectivity index (χ0n) is 20.2. The molecule has 1 N–H and O–H groups in total. The number of aliphatic hydroxyl groups excluding tert-OH is 1. The Morgan fingerprint density at radius 1 is 1.23 bits per heavy atom. The second kappa shape index (κ2) is 10.4. The van der Waals surface area contributed by atoms with Gasteiger partial charge in [0, 0.05) is 55.0 Å². The van der Waals surface area contributed by atoms with Crippen molar-refractivity contribution in [2.75, 3.05) is 26.7 Å². The lowest BCUT2D eigenvalue weighted by Gasteiger charge is -2.37. The van der Waals surface area contributed by atoms with Crippen LogP contribution in [0.1, 0.15) is 37.8 Å². The van der Waals surface area contributed by atoms with Crippen LogP contribution in [0.4, 0.5) is 0 Å². The van der Waals surface area contributed by atoms with E-state index in [0.717, 1.165) is 18.4 Å². The van der Waals surface area contributed by atoms with Crippen LogP contribution in [0.3, 0.4) is 0 Å². The molecule has 1 saturated carbocycles. The molecule has 1 amide bonds. The monoisotopic (exact) mass is 497 g/mol. The van der Waals surface area contributed by atoms with Gasteiger partial charge in [0.1, 0.15) is 16.7 Å². The fraction of sp³-hybridized carbons (Fsp3) is 0.462. The Hall–Kier alpha value is -2.93. The summed E-state index contributed by atoms with van der Waals surface area (Å²) >= 11 is 0. The van der Waals surface area contributed by atoms with E-state index in [-0.39, 0.29) is 41.5 Å². The number of carbonyl (C=O) groups excluding carboxylic acids is 1. The third kappa shape index (κ3) is 5.67. The Bertz CT molecular complexity index is 1230. The molecule has 1 aliphatic heterocycles. The summed E-state index contributed by atoms with van der Waals surface area (Å²) in [5, 5.41) is 9.78. The molecule has 2 aromatic rings. The highest BCUT2D eigenvalue weighted by molar-refractivity contribution is 7.89. The molecule has 1 aliphatic carbocycles. The van der Waals surface area contributed by atoms with Gasteiger partial charge in [0.25, 0.3) is 0 Å². The van der Waals surface area contributed by atoms with Gasteiger partial charge in [-0.1, -0.05) is 18.8 Å². The molecule has 0 radical (unpaired) electrons. The molecule has 1 aromatic carbocycles. The number of carbonyl (C=O) groups is 1. The van der Waals surface area contributed by atoms with Crippen LogP contribution in [0.25, 0.3) is 0 Å². The predicted molar refractivity (Wildman–Crippen MR) is 131 cm³/mol. The molecule has 186 valence electrons. The average molecular weight is 498 g/mol. The number of ether oxygens (including phenoxy) is 1. The number of aliphatic hydroxyl groups is 1. The lowest BCUT2D eigenvalue weighted by molar-refractivity contribution is -0.132. The van der Waals surface area contributed by atoms with Crippen molar-refractivity contribution in [3.63, 3.8) is 0 Å². The zero-order chi connectivity index (χ0) is 25.2. The van der Waals surface area contributed by atoms with E-state index in [4.69, 9.17) is 4.74 Å². The van der Waals surface area contributed by atoms with Gasteiger partial charge in [-0.2, -0.15) is 4.31 Å². The van der Waals surface area contributed by atoms with Gasteiger partial charge in [-0.05, 0) is 50.1 Å². The fourth-order valence-corrected chi connectivity index (χ4v) is 5.93. The highest BCUT2D eigenvalue weighted by atomic mass is 32.2. The molecule has 8 nitrogen and oxygen atoms in total. The number of aromatic nitrogens is 1. The van der Waals surface area contributed by atoms with Crippen molar-refractivity contribution >= 4 is 15.9 Å². The van der Waals surface area contributed by atoms with Gasteiger partial charge >= 0.3 is 0 Å². The summed E-state index contributed by atoms with van der Waals surface area (Å²) < 4.78 is 34.8. The summed E-state index contributed by atoms with van der Waals surface area (Å²) in [6.07, 6.45) is 4.69. The first kappa shape index (κ1) is 25.2. The van der Waals surface area contributed by atoms with Gasteiger partial charge in [-0.25, -0.2) is 8.42 Å². The Kier molecular flexibility index (Phi) is 7.45. The number of likely N-dealkylation sites (N-methyl/N-ethyl adjacent to an activating group) is 1. The molecule has 2 aliphatic rings. The van der Waals surface area contributed by atoms with Crippen molar-refractivity contribution in [1.29, 1.82) is 0 Å². The molecule has 9 heteroatoms. The Balaban J connectivity index is 1.72. The molecule has 3 atom stereocenters. The number of hydrogen-bond donors (Lipinski definition) is 1. The molecule has 0 saturated heterocycles. The van der Waals surface area contributed by atoms with Gasteiger partial charge in [-0.15, -0.1) is 0 Å². The van der Waals surface area contributed by atoms with E-state index < -0.39 is 22.2 Å². The van der Waals surface area contributed by atoms with Crippen LogP contribution in [-0.2, 0) is 14.8 Å². The predicted octanol–water partition coefficient (Wildman–Crippen LogP) is 2.12. The number of pyridine rings is 1. The van der Waals surface area contributed by atoms with Crippen LogP contribution < -0.4 is 4.74 Å². The van der Waals surface area contributed by atoms with E-state index in [9.17, 15) is 18.3 Å². The van der Waals surface area contributed by atoms with Crippen molar-refractivity contribution in [2.24, 2.45) is 11.8 Å². The minimum Gasteiger partial charge on any atom is -0.487 e. The summed E-state index contributed by atoms with van der Waals surface area (Å²) in [7, 11) is -2.17. The van der Waals surface area contributed by atoms with Crippen LogP contribution >= 0.6 is 0 Å². The maximum atomic E-state index is 13.6. The third-order valence-electron chi connectivity index (χ3n) is 6.46. The lowest BCUT2D eigenvalue weighted by Crippen LogP contribution is -2.50. The first-order chi connectivity index (χ1) is 16.7. The quantitative estimate of drug-likeness (QED) is 0.636. The SMILES string of the molecule is C[C@@H]1CN([C@H](C)CO)S(=O)(=O)c2ccc(C#Cc3ccncc3)cc2O[C@@H]1CN(C)C(=O)C1CC1. The zero-order valence-corrected chi connectivity index (χ0v) is 21.0. The topological polar surface area (TPSA) is 100 Å². The molecule has 2 heterocycles. The smallest absolute Gasteiger partial charge is 0.247 e. The number of rotatable bonds is 5. The molecular weight excluding hydrogens is 466 g/mol. The molecule has 0 unspecified atom stereocenters. The number of benzene rings is 1. The van der Waals surface area contributed by atoms with Crippen molar-refractivity contribution in [3.05, 3.63) is 53.9 Å². The summed E-state index contributed by atoms with van der Waals surface area (Å²) in [5.74, 6) is 6.25. The van der Waals surface area contributed by atoms with Crippen molar-refractivity contribution in [2.45, 2.75) is 43.7 Å². The van der Waals surface area contributed by atoms with Gasteiger partial charge in [0.05, 0.1) is 13.2 Å². The van der Waals surface area contributed by atoms with Crippen LogP contribution in [0.2, 0.25) is 0 Å². The molecular formula is C26H31N3O5S. The molecule has 35 heavy (non-hydrogen) atoms. The highest BCUT2D eigenvalue weighted by Gasteiger charge is 2.39. The van der Waals surface area contributed by atoms with E-state index >= 15 is 0 Å². The first-order valence-corrected chi connectivity index (χ1v) is 13.2. The summed E-state index contributed by atoms with van der Waals surface area (Å²) in [5.41, 5.74) is 1.39. The molecule has 0 bridgehead atoms. The molecule has 0 spiro atoms. The van der Waals surface area contributed by atoms with Crippen LogP contribution in [-0.4, -0.2) is 72.5 Å². The Morgan fingerprint density at radius 2 is 1.91 bits per heavy atom. The molecule has 1 fully saturated rings. The Labute approximate surface area is 207 Å². The normalized spacial score (nSPS) is 22.4. The molecule has 1 aromatic heterocycles. The number of fused-ring (bicyclic) bond motifs is 1. The standard InChI is InChI=1S/C26H31N3O5S/c1-18-15-29(19(2)17-30)35(32,33)25-9-6-21(5-4-20-10-12-27-13-11-20)14-23(25)34-24(18)16-28(3)26(31)22-7-8-22/h6,9-14,18-19,22,24,30H,7-8,15-17H2,1-3H3/t18-,19-,24-/m1/s1. The number of hydrogen-bond acceptors (Lipinski definition) is 6. The van der Waals surface area contributed by atoms with E-state index in [1.54, 1.807) is 55.5 Å². The highest BCUT2D eigenvalue weighted by Crippen LogP contribution is 2.35. The van der Waals surface area contributed by atoms with Gasteiger partial charge in [-0.3, -0.25) is 9.78 Å². The minimum atomic E-state index is -3.93. The number of amides is 1. The third-order valence-corrected chi connectivity index (χ3v) is 8.47. The first-order valence-electron chi connectivity index (χ1n) is 11.8. The molecule has 4 rings (SSSR count). The van der Waals surface area contributed by atoms with Crippen molar-refractivity contribution < 1.29 is 23.1 Å². The van der Waals surface area contributed by atoms with Crippen molar-refractivity contribution in [1.82, 2.24) is 14.2 Å². The summed E-state index contributed by atoms with van der Waals surface area (Å²) in [6, 6.07) is 7.77.